The molecular weight excluding hydrogens is 280 g/mol. The van der Waals surface area contributed by atoms with Gasteiger partial charge in [0.15, 0.2) is 5.58 Å². The fraction of sp³-hybridized carbons (Fsp3) is 0.500. The minimum absolute atomic E-state index is 0.127. The minimum Gasteiger partial charge on any atom is -0.423 e. The highest BCUT2D eigenvalue weighted by Gasteiger charge is 2.25. The second-order valence-corrected chi connectivity index (χ2v) is 5.39. The normalized spacial score (nSPS) is 15.4. The summed E-state index contributed by atoms with van der Waals surface area (Å²) in [5.74, 6) is 0. The Balaban J connectivity index is 1.65. The predicted octanol–water partition coefficient (Wildman–Crippen LogP) is 2.41. The van der Waals surface area contributed by atoms with Gasteiger partial charge in [-0.15, -0.1) is 0 Å². The average Bonchev–Trinajstić information content (AvgIpc) is 3.00. The maximum atomic E-state index is 12.3. The van der Waals surface area contributed by atoms with Crippen LogP contribution in [0.3, 0.4) is 0 Å². The van der Waals surface area contributed by atoms with E-state index in [0.717, 1.165) is 37.3 Å². The van der Waals surface area contributed by atoms with Gasteiger partial charge in [-0.1, -0.05) is 12.1 Å². The van der Waals surface area contributed by atoms with Gasteiger partial charge in [-0.3, -0.25) is 0 Å². The Morgan fingerprint density at radius 2 is 1.86 bits per heavy atom. The van der Waals surface area contributed by atoms with Crippen LogP contribution in [-0.2, 0) is 0 Å². The van der Waals surface area contributed by atoms with Crippen LogP contribution in [0.5, 0.6) is 0 Å². The summed E-state index contributed by atoms with van der Waals surface area (Å²) >= 11 is 0. The molecule has 0 spiro atoms. The molecule has 1 aromatic carbocycles. The molecule has 6 heteroatoms. The van der Waals surface area contributed by atoms with Crippen molar-refractivity contribution in [3.05, 3.63) is 24.3 Å². The number of carbonyl (C=O) groups excluding carboxylic acids is 1. The zero-order valence-electron chi connectivity index (χ0n) is 13.2. The van der Waals surface area contributed by atoms with E-state index in [9.17, 15) is 4.79 Å². The number of amides is 2. The van der Waals surface area contributed by atoms with Gasteiger partial charge in [0.1, 0.15) is 5.52 Å². The van der Waals surface area contributed by atoms with E-state index >= 15 is 0 Å². The molecule has 1 aliphatic rings. The Kier molecular flexibility index (Phi) is 4.18. The van der Waals surface area contributed by atoms with Crippen LogP contribution >= 0.6 is 0 Å². The fourth-order valence-electron chi connectivity index (χ4n) is 2.78. The quantitative estimate of drug-likeness (QED) is 0.873. The van der Waals surface area contributed by atoms with Crippen LogP contribution in [0.1, 0.15) is 13.8 Å². The summed E-state index contributed by atoms with van der Waals surface area (Å²) in [7, 11) is 0. The van der Waals surface area contributed by atoms with E-state index in [4.69, 9.17) is 4.42 Å². The summed E-state index contributed by atoms with van der Waals surface area (Å²) in [6.07, 6.45) is 0. The van der Waals surface area contributed by atoms with E-state index in [1.807, 2.05) is 47.9 Å². The van der Waals surface area contributed by atoms with Crippen molar-refractivity contribution in [1.82, 2.24) is 14.8 Å². The van der Waals surface area contributed by atoms with Gasteiger partial charge in [0.2, 0.25) is 0 Å². The number of hydrogen-bond donors (Lipinski definition) is 0. The molecule has 22 heavy (non-hydrogen) atoms. The second-order valence-electron chi connectivity index (χ2n) is 5.39. The molecular formula is C16H22N4O2. The lowest BCUT2D eigenvalue weighted by atomic mass is 10.3. The number of para-hydroxylation sites is 2. The molecule has 0 aliphatic carbocycles. The summed E-state index contributed by atoms with van der Waals surface area (Å²) in [6, 6.07) is 8.54. The molecule has 1 aliphatic heterocycles. The largest absolute Gasteiger partial charge is 0.423 e. The Labute approximate surface area is 130 Å². The van der Waals surface area contributed by atoms with Gasteiger partial charge in [-0.2, -0.15) is 4.98 Å². The topological polar surface area (TPSA) is 52.8 Å². The molecule has 118 valence electrons. The third-order valence-electron chi connectivity index (χ3n) is 4.14. The lowest BCUT2D eigenvalue weighted by Gasteiger charge is -2.36. The van der Waals surface area contributed by atoms with Crippen molar-refractivity contribution in [3.8, 4) is 0 Å². The number of oxazole rings is 1. The molecule has 0 atom stereocenters. The number of urea groups is 1. The van der Waals surface area contributed by atoms with Crippen LogP contribution in [0.25, 0.3) is 11.1 Å². The van der Waals surface area contributed by atoms with E-state index in [0.29, 0.717) is 19.1 Å². The van der Waals surface area contributed by atoms with Gasteiger partial charge >= 0.3 is 6.03 Å². The minimum atomic E-state index is 0.127. The summed E-state index contributed by atoms with van der Waals surface area (Å²) in [4.78, 5) is 22.7. The smallest absolute Gasteiger partial charge is 0.320 e. The standard InChI is InChI=1S/C16H22N4O2/c1-3-18(4-2)16(21)20-11-9-19(10-12-20)15-17-13-7-5-6-8-14(13)22-15/h5-8H,3-4,9-12H2,1-2H3. The molecule has 1 fully saturated rings. The Morgan fingerprint density at radius 3 is 2.50 bits per heavy atom. The molecule has 0 unspecified atom stereocenters. The maximum absolute atomic E-state index is 12.3. The highest BCUT2D eigenvalue weighted by molar-refractivity contribution is 5.75. The van der Waals surface area contributed by atoms with E-state index < -0.39 is 0 Å². The molecule has 1 aromatic heterocycles. The molecule has 2 amide bonds. The van der Waals surface area contributed by atoms with Crippen molar-refractivity contribution in [1.29, 1.82) is 0 Å². The summed E-state index contributed by atoms with van der Waals surface area (Å²) in [5, 5.41) is 0. The van der Waals surface area contributed by atoms with E-state index in [-0.39, 0.29) is 6.03 Å². The third kappa shape index (κ3) is 2.73. The number of aromatic nitrogens is 1. The van der Waals surface area contributed by atoms with Crippen molar-refractivity contribution < 1.29 is 9.21 Å². The molecule has 1 saturated heterocycles. The highest BCUT2D eigenvalue weighted by atomic mass is 16.4. The van der Waals surface area contributed by atoms with Gasteiger partial charge in [0.05, 0.1) is 0 Å². The second kappa shape index (κ2) is 6.25. The lowest BCUT2D eigenvalue weighted by molar-refractivity contribution is 0.154. The average molecular weight is 302 g/mol. The van der Waals surface area contributed by atoms with Crippen LogP contribution in [0, 0.1) is 0 Å². The monoisotopic (exact) mass is 302 g/mol. The Bertz CT molecular complexity index is 609. The SMILES string of the molecule is CCN(CC)C(=O)N1CCN(c2nc3ccccc3o2)CC1. The Hall–Kier alpha value is -2.24. The van der Waals surface area contributed by atoms with Gasteiger partial charge in [0, 0.05) is 39.3 Å². The number of piperazine rings is 1. The third-order valence-corrected chi connectivity index (χ3v) is 4.14. The highest BCUT2D eigenvalue weighted by Crippen LogP contribution is 2.22. The van der Waals surface area contributed by atoms with Gasteiger partial charge in [0.25, 0.3) is 6.01 Å². The number of rotatable bonds is 3. The van der Waals surface area contributed by atoms with Gasteiger partial charge in [-0.25, -0.2) is 4.79 Å². The van der Waals surface area contributed by atoms with E-state index in [1.54, 1.807) is 0 Å². The van der Waals surface area contributed by atoms with Gasteiger partial charge < -0.3 is 19.1 Å². The molecule has 0 saturated carbocycles. The fourth-order valence-corrected chi connectivity index (χ4v) is 2.78. The molecule has 0 N–H and O–H groups in total. The summed E-state index contributed by atoms with van der Waals surface area (Å²) in [6.45, 7) is 8.43. The molecule has 6 nitrogen and oxygen atoms in total. The molecule has 3 rings (SSSR count). The first-order chi connectivity index (χ1) is 10.7. The van der Waals surface area contributed by atoms with Crippen LogP contribution in [0.4, 0.5) is 10.8 Å². The van der Waals surface area contributed by atoms with E-state index in [2.05, 4.69) is 9.88 Å². The van der Waals surface area contributed by atoms with Gasteiger partial charge in [-0.05, 0) is 26.0 Å². The zero-order valence-corrected chi connectivity index (χ0v) is 13.2. The molecule has 2 heterocycles. The molecule has 0 radical (unpaired) electrons. The number of carbonyl (C=O) groups is 1. The number of benzene rings is 1. The number of nitrogens with zero attached hydrogens (tertiary/aromatic N) is 4. The number of fused-ring (bicyclic) bond motifs is 1. The van der Waals surface area contributed by atoms with Crippen molar-refractivity contribution in [2.24, 2.45) is 0 Å². The van der Waals surface area contributed by atoms with Crippen LogP contribution in [0.2, 0.25) is 0 Å². The molecule has 2 aromatic rings. The first kappa shape index (κ1) is 14.7. The maximum Gasteiger partial charge on any atom is 0.320 e. The number of anilines is 1. The number of hydrogen-bond acceptors (Lipinski definition) is 4. The van der Waals surface area contributed by atoms with Crippen LogP contribution in [-0.4, -0.2) is 60.1 Å². The van der Waals surface area contributed by atoms with Crippen LogP contribution < -0.4 is 4.90 Å². The van der Waals surface area contributed by atoms with Crippen LogP contribution in [0.15, 0.2) is 28.7 Å². The van der Waals surface area contributed by atoms with Crippen molar-refractivity contribution >= 4 is 23.1 Å². The lowest BCUT2D eigenvalue weighted by Crippen LogP contribution is -2.53. The Morgan fingerprint density at radius 1 is 1.18 bits per heavy atom. The van der Waals surface area contributed by atoms with Crippen molar-refractivity contribution in [2.45, 2.75) is 13.8 Å². The molecule has 0 bridgehead atoms. The predicted molar refractivity (Wildman–Crippen MR) is 86.1 cm³/mol. The summed E-state index contributed by atoms with van der Waals surface area (Å²) in [5.41, 5.74) is 1.68. The first-order valence-electron chi connectivity index (χ1n) is 7.87. The zero-order chi connectivity index (χ0) is 15.5. The summed E-state index contributed by atoms with van der Waals surface area (Å²) < 4.78 is 5.79. The first-order valence-corrected chi connectivity index (χ1v) is 7.87. The van der Waals surface area contributed by atoms with E-state index in [1.165, 1.54) is 0 Å². The van der Waals surface area contributed by atoms with Crippen molar-refractivity contribution in [3.63, 3.8) is 0 Å². The van der Waals surface area contributed by atoms with Crippen molar-refractivity contribution in [2.75, 3.05) is 44.2 Å².